The van der Waals surface area contributed by atoms with Gasteiger partial charge in [0.25, 0.3) is 0 Å². The molecule has 1 aromatic heterocycles. The van der Waals surface area contributed by atoms with Crippen molar-refractivity contribution >= 4 is 22.9 Å². The van der Waals surface area contributed by atoms with Crippen LogP contribution in [0.2, 0.25) is 5.02 Å². The second-order valence-corrected chi connectivity index (χ2v) is 7.42. The van der Waals surface area contributed by atoms with E-state index in [1.807, 2.05) is 0 Å². The second-order valence-electron chi connectivity index (χ2n) is 5.90. The van der Waals surface area contributed by atoms with E-state index in [4.69, 9.17) is 21.4 Å². The van der Waals surface area contributed by atoms with E-state index >= 15 is 0 Å². The topological polar surface area (TPSA) is 29.5 Å². The van der Waals surface area contributed by atoms with Crippen LogP contribution >= 0.6 is 22.9 Å². The van der Waals surface area contributed by atoms with E-state index in [2.05, 4.69) is 0 Å². The average molecular weight is 413 g/mol. The quantitative estimate of drug-likeness (QED) is 0.516. The normalized spacial score (nSPS) is 11.0. The van der Waals surface area contributed by atoms with E-state index in [0.29, 0.717) is 33.9 Å². The van der Waals surface area contributed by atoms with E-state index in [1.54, 1.807) is 24.3 Å². The summed E-state index contributed by atoms with van der Waals surface area (Å²) in [6.07, 6.45) is 0.777. The molecule has 0 fully saturated rings. The fourth-order valence-corrected chi connectivity index (χ4v) is 3.64. The van der Waals surface area contributed by atoms with Gasteiger partial charge in [-0.25, -0.2) is 8.78 Å². The number of hydrogen-bond acceptors (Lipinski definition) is 3. The molecule has 0 amide bonds. The number of thiophene rings is 1. The van der Waals surface area contributed by atoms with Crippen molar-refractivity contribution in [1.82, 2.24) is 0 Å². The fraction of sp³-hybridized carbons (Fsp3) is 0.200. The molecule has 0 saturated carbocycles. The van der Waals surface area contributed by atoms with E-state index in [1.165, 1.54) is 18.2 Å². The van der Waals surface area contributed by atoms with Gasteiger partial charge in [0.1, 0.15) is 6.61 Å². The number of aliphatic hydroxyl groups excluding tert-OH is 1. The van der Waals surface area contributed by atoms with Crippen molar-refractivity contribution in [2.24, 2.45) is 0 Å². The lowest BCUT2D eigenvalue weighted by Gasteiger charge is -2.11. The number of hydrogen-bond donors (Lipinski definition) is 1. The molecule has 142 valence electrons. The Kier molecular flexibility index (Phi) is 6.42. The molecule has 0 spiro atoms. The summed E-state index contributed by atoms with van der Waals surface area (Å²) in [5.41, 5.74) is 1.77. The minimum absolute atomic E-state index is 0.0566. The molecule has 0 aliphatic carbocycles. The van der Waals surface area contributed by atoms with Gasteiger partial charge in [0.05, 0.1) is 4.88 Å². The first-order valence-corrected chi connectivity index (χ1v) is 9.43. The molecule has 0 aliphatic rings. The summed E-state index contributed by atoms with van der Waals surface area (Å²) < 4.78 is 47.5. The van der Waals surface area contributed by atoms with Crippen molar-refractivity contribution in [3.63, 3.8) is 0 Å². The second kappa shape index (κ2) is 8.78. The number of benzene rings is 2. The minimum Gasteiger partial charge on any atom is -0.482 e. The summed E-state index contributed by atoms with van der Waals surface area (Å²) in [7, 11) is 0. The van der Waals surface area contributed by atoms with Crippen LogP contribution in [0.4, 0.5) is 13.2 Å². The minimum atomic E-state index is -0.826. The number of aliphatic hydroxyl groups is 1. The van der Waals surface area contributed by atoms with Crippen LogP contribution in [-0.2, 0) is 13.0 Å². The van der Waals surface area contributed by atoms with Crippen LogP contribution in [0.15, 0.2) is 42.5 Å². The summed E-state index contributed by atoms with van der Waals surface area (Å²) in [6.45, 7) is -0.227. The molecule has 27 heavy (non-hydrogen) atoms. The molecular formula is C20H16ClF3O2S. The average Bonchev–Trinajstić information content (AvgIpc) is 3.00. The molecular weight excluding hydrogens is 397 g/mol. The van der Waals surface area contributed by atoms with Gasteiger partial charge in [0, 0.05) is 17.2 Å². The number of rotatable bonds is 7. The van der Waals surface area contributed by atoms with Crippen molar-refractivity contribution in [1.29, 1.82) is 0 Å². The molecule has 2 aromatic carbocycles. The van der Waals surface area contributed by atoms with Gasteiger partial charge in [0.2, 0.25) is 0 Å². The molecule has 0 aliphatic heterocycles. The van der Waals surface area contributed by atoms with Crippen LogP contribution in [0.3, 0.4) is 0 Å². The molecule has 3 rings (SSSR count). The maximum atomic E-state index is 14.2. The van der Waals surface area contributed by atoms with Crippen LogP contribution < -0.4 is 4.74 Å². The van der Waals surface area contributed by atoms with Crippen LogP contribution in [0.5, 0.6) is 5.75 Å². The molecule has 0 atom stereocenters. The SMILES string of the molecule is OCCCc1cc(F)c(OCc2sc(F)cc2-c2ccc(Cl)cc2)c(F)c1. The van der Waals surface area contributed by atoms with Crippen LogP contribution in [0, 0.1) is 16.8 Å². The number of ether oxygens (including phenoxy) is 1. The molecule has 7 heteroatoms. The highest BCUT2D eigenvalue weighted by molar-refractivity contribution is 7.10. The van der Waals surface area contributed by atoms with Gasteiger partial charge >= 0.3 is 0 Å². The Hall–Kier alpha value is -2.02. The third-order valence-electron chi connectivity index (χ3n) is 3.96. The standard InChI is InChI=1S/C20H16ClF3O2S/c21-14-5-3-13(4-6-14)15-10-19(24)27-18(15)11-26-20-16(22)8-12(2-1-7-25)9-17(20)23/h3-6,8-10,25H,1-2,7,11H2. The molecule has 1 N–H and O–H groups in total. The van der Waals surface area contributed by atoms with Crippen molar-refractivity contribution in [2.45, 2.75) is 19.4 Å². The molecule has 0 saturated heterocycles. The van der Waals surface area contributed by atoms with Gasteiger partial charge < -0.3 is 9.84 Å². The van der Waals surface area contributed by atoms with E-state index in [9.17, 15) is 13.2 Å². The zero-order valence-electron chi connectivity index (χ0n) is 14.1. The Balaban J connectivity index is 1.80. The predicted octanol–water partition coefficient (Wildman–Crippen LogP) is 5.99. The zero-order valence-corrected chi connectivity index (χ0v) is 15.7. The molecule has 3 aromatic rings. The summed E-state index contributed by atoms with van der Waals surface area (Å²) in [5.74, 6) is -2.15. The molecule has 2 nitrogen and oxygen atoms in total. The highest BCUT2D eigenvalue weighted by atomic mass is 35.5. The van der Waals surface area contributed by atoms with Crippen molar-refractivity contribution in [3.8, 4) is 16.9 Å². The van der Waals surface area contributed by atoms with Crippen molar-refractivity contribution in [2.75, 3.05) is 6.61 Å². The highest BCUT2D eigenvalue weighted by Gasteiger charge is 2.16. The van der Waals surface area contributed by atoms with Crippen molar-refractivity contribution in [3.05, 3.63) is 74.7 Å². The summed E-state index contributed by atoms with van der Waals surface area (Å²) in [4.78, 5) is 0.512. The molecule has 0 unspecified atom stereocenters. The number of halogens is 4. The van der Waals surface area contributed by atoms with Crippen LogP contribution in [-0.4, -0.2) is 11.7 Å². The summed E-state index contributed by atoms with van der Waals surface area (Å²) in [6, 6.07) is 10.6. The van der Waals surface area contributed by atoms with E-state index < -0.39 is 22.5 Å². The molecule has 0 bridgehead atoms. The van der Waals surface area contributed by atoms with Gasteiger partial charge in [0.15, 0.2) is 22.5 Å². The summed E-state index contributed by atoms with van der Waals surface area (Å²) >= 11 is 6.73. The Labute approximate surface area is 163 Å². The monoisotopic (exact) mass is 412 g/mol. The fourth-order valence-electron chi connectivity index (χ4n) is 2.69. The predicted molar refractivity (Wildman–Crippen MR) is 101 cm³/mol. The molecule has 0 radical (unpaired) electrons. The largest absolute Gasteiger partial charge is 0.482 e. The first-order valence-electron chi connectivity index (χ1n) is 8.23. The van der Waals surface area contributed by atoms with Gasteiger partial charge in [-0.2, -0.15) is 4.39 Å². The third-order valence-corrected chi connectivity index (χ3v) is 5.11. The smallest absolute Gasteiger partial charge is 0.191 e. The Bertz CT molecular complexity index is 902. The van der Waals surface area contributed by atoms with Crippen LogP contribution in [0.25, 0.3) is 11.1 Å². The first kappa shape index (κ1) is 19.7. The van der Waals surface area contributed by atoms with E-state index in [-0.39, 0.29) is 13.2 Å². The Morgan fingerprint density at radius 1 is 1.00 bits per heavy atom. The summed E-state index contributed by atoms with van der Waals surface area (Å²) in [5, 5.41) is 8.95. The third kappa shape index (κ3) is 4.83. The lowest BCUT2D eigenvalue weighted by molar-refractivity contribution is 0.276. The lowest BCUT2D eigenvalue weighted by atomic mass is 10.1. The Morgan fingerprint density at radius 3 is 2.30 bits per heavy atom. The van der Waals surface area contributed by atoms with Gasteiger partial charge in [-0.05, 0) is 54.3 Å². The maximum Gasteiger partial charge on any atom is 0.191 e. The van der Waals surface area contributed by atoms with Crippen LogP contribution in [0.1, 0.15) is 16.9 Å². The van der Waals surface area contributed by atoms with Gasteiger partial charge in [-0.3, -0.25) is 0 Å². The zero-order chi connectivity index (χ0) is 19.4. The van der Waals surface area contributed by atoms with E-state index in [0.717, 1.165) is 16.9 Å². The highest BCUT2D eigenvalue weighted by Crippen LogP contribution is 2.33. The maximum absolute atomic E-state index is 14.2. The first-order chi connectivity index (χ1) is 13.0. The Morgan fingerprint density at radius 2 is 1.67 bits per heavy atom. The number of aryl methyl sites for hydroxylation is 1. The van der Waals surface area contributed by atoms with Crippen molar-refractivity contribution < 1.29 is 23.0 Å². The van der Waals surface area contributed by atoms with Gasteiger partial charge in [-0.15, -0.1) is 11.3 Å². The van der Waals surface area contributed by atoms with Gasteiger partial charge in [-0.1, -0.05) is 23.7 Å². The lowest BCUT2D eigenvalue weighted by Crippen LogP contribution is -2.01. The molecule has 1 heterocycles.